The van der Waals surface area contributed by atoms with Gasteiger partial charge in [-0.05, 0) is 67.6 Å². The number of aryl methyl sites for hydroxylation is 1. The van der Waals surface area contributed by atoms with E-state index in [1.54, 1.807) is 37.3 Å². The molecular formula is C27H23FN4O3. The van der Waals surface area contributed by atoms with E-state index in [1.165, 1.54) is 18.3 Å². The Hall–Kier alpha value is -4.43. The van der Waals surface area contributed by atoms with Gasteiger partial charge in [0.15, 0.2) is 0 Å². The molecule has 4 rings (SSSR count). The summed E-state index contributed by atoms with van der Waals surface area (Å²) in [6, 6.07) is 17.2. The number of anilines is 1. The number of hydrogen-bond donors (Lipinski definition) is 1. The van der Waals surface area contributed by atoms with Crippen LogP contribution in [0.3, 0.4) is 0 Å². The summed E-state index contributed by atoms with van der Waals surface area (Å²) in [4.78, 5) is 17.6. The Morgan fingerprint density at radius 2 is 1.91 bits per heavy atom. The first kappa shape index (κ1) is 23.7. The number of aromatic nitrogens is 1. The number of hydrogen-bond acceptors (Lipinski definition) is 5. The fourth-order valence-electron chi connectivity index (χ4n) is 3.92. The summed E-state index contributed by atoms with van der Waals surface area (Å²) in [7, 11) is 0. The maximum Gasteiger partial charge on any atom is 0.412 e. The molecule has 35 heavy (non-hydrogen) atoms. The third-order valence-corrected chi connectivity index (χ3v) is 5.95. The van der Waals surface area contributed by atoms with Gasteiger partial charge < -0.3 is 9.84 Å². The average molecular weight is 471 g/mol. The number of alkyl halides is 1. The Kier molecular flexibility index (Phi) is 6.93. The molecule has 1 unspecified atom stereocenters. The molecule has 1 heterocycles. The van der Waals surface area contributed by atoms with Crippen LogP contribution in [0.5, 0.6) is 5.75 Å². The maximum absolute atomic E-state index is 15.7. The summed E-state index contributed by atoms with van der Waals surface area (Å²) in [5.74, 6) is 0.155. The van der Waals surface area contributed by atoms with Crippen molar-refractivity contribution < 1.29 is 19.0 Å². The molecule has 1 amide bonds. The largest absolute Gasteiger partial charge is 0.487 e. The second kappa shape index (κ2) is 10.2. The predicted molar refractivity (Wildman–Crippen MR) is 126 cm³/mol. The highest BCUT2D eigenvalue weighted by molar-refractivity contribution is 5.86. The van der Waals surface area contributed by atoms with Gasteiger partial charge in [-0.2, -0.15) is 10.5 Å². The minimum absolute atomic E-state index is 0.115. The monoisotopic (exact) mass is 470 g/mol. The molecule has 8 heteroatoms. The van der Waals surface area contributed by atoms with Crippen LogP contribution in [0.25, 0.3) is 0 Å². The Bertz CT molecular complexity index is 1320. The molecule has 1 atom stereocenters. The van der Waals surface area contributed by atoms with Crippen molar-refractivity contribution in [3.8, 4) is 17.9 Å². The van der Waals surface area contributed by atoms with Crippen molar-refractivity contribution in [2.24, 2.45) is 5.92 Å². The third-order valence-electron chi connectivity index (χ3n) is 5.95. The number of carbonyl (C=O) groups is 1. The molecule has 0 saturated heterocycles. The van der Waals surface area contributed by atoms with Crippen LogP contribution in [0.4, 0.5) is 14.9 Å². The standard InChI is InChI=1S/C27H23FN4O3/c1-17-26(35-16-20-4-2-3-19(11-20)13-30)24(25(28)21-7-8-21)22(14-31-17)15-32(27(33)34)23-9-5-18(12-29)6-10-23/h2-6,9-11,14,21,25H,7-8,15-16H2,1H3,(H,33,34). The highest BCUT2D eigenvalue weighted by Gasteiger charge is 2.37. The molecule has 1 saturated carbocycles. The van der Waals surface area contributed by atoms with E-state index in [2.05, 4.69) is 11.1 Å². The summed E-state index contributed by atoms with van der Waals surface area (Å²) in [5.41, 5.74) is 3.26. The van der Waals surface area contributed by atoms with E-state index in [4.69, 9.17) is 15.3 Å². The van der Waals surface area contributed by atoms with Gasteiger partial charge in [-0.3, -0.25) is 9.88 Å². The molecule has 1 fully saturated rings. The highest BCUT2D eigenvalue weighted by Crippen LogP contribution is 2.48. The van der Waals surface area contributed by atoms with Crippen molar-refractivity contribution in [2.75, 3.05) is 4.90 Å². The first-order valence-corrected chi connectivity index (χ1v) is 11.2. The Morgan fingerprint density at radius 3 is 2.54 bits per heavy atom. The van der Waals surface area contributed by atoms with Gasteiger partial charge in [-0.25, -0.2) is 9.18 Å². The number of rotatable bonds is 8. The zero-order valence-corrected chi connectivity index (χ0v) is 19.1. The Labute approximate surface area is 202 Å². The van der Waals surface area contributed by atoms with Crippen LogP contribution in [0.1, 0.15) is 52.5 Å². The minimum atomic E-state index is -1.32. The minimum Gasteiger partial charge on any atom is -0.487 e. The van der Waals surface area contributed by atoms with Gasteiger partial charge in [0.25, 0.3) is 0 Å². The van der Waals surface area contributed by atoms with Crippen molar-refractivity contribution in [3.63, 3.8) is 0 Å². The smallest absolute Gasteiger partial charge is 0.412 e. The number of amides is 1. The third kappa shape index (κ3) is 5.39. The van der Waals surface area contributed by atoms with Crippen LogP contribution < -0.4 is 9.64 Å². The molecule has 0 radical (unpaired) electrons. The van der Waals surface area contributed by atoms with Crippen LogP contribution in [0.15, 0.2) is 54.7 Å². The van der Waals surface area contributed by atoms with E-state index in [1.807, 2.05) is 12.1 Å². The fourth-order valence-corrected chi connectivity index (χ4v) is 3.92. The van der Waals surface area contributed by atoms with Gasteiger partial charge in [0.2, 0.25) is 0 Å². The van der Waals surface area contributed by atoms with Crippen LogP contribution in [0, 0.1) is 35.5 Å². The SMILES string of the molecule is Cc1ncc(CN(C(=O)O)c2ccc(C#N)cc2)c(C(F)C2CC2)c1OCc1cccc(C#N)c1. The lowest BCUT2D eigenvalue weighted by Crippen LogP contribution is -2.29. The van der Waals surface area contributed by atoms with E-state index in [0.717, 1.165) is 23.3 Å². The van der Waals surface area contributed by atoms with Crippen LogP contribution in [0.2, 0.25) is 0 Å². The topological polar surface area (TPSA) is 110 Å². The summed E-state index contributed by atoms with van der Waals surface area (Å²) in [6.07, 6.45) is 0.485. The van der Waals surface area contributed by atoms with Gasteiger partial charge in [0.1, 0.15) is 18.5 Å². The molecule has 1 aliphatic carbocycles. The van der Waals surface area contributed by atoms with Crippen LogP contribution in [-0.2, 0) is 13.2 Å². The molecule has 1 aromatic heterocycles. The fraction of sp³-hybridized carbons (Fsp3) is 0.259. The first-order chi connectivity index (χ1) is 16.9. The van der Waals surface area contributed by atoms with E-state index in [0.29, 0.717) is 39.4 Å². The van der Waals surface area contributed by atoms with Crippen molar-refractivity contribution in [1.29, 1.82) is 10.5 Å². The molecule has 1 N–H and O–H groups in total. The van der Waals surface area contributed by atoms with E-state index < -0.39 is 12.3 Å². The van der Waals surface area contributed by atoms with E-state index >= 15 is 4.39 Å². The number of nitrogens with zero attached hydrogens (tertiary/aromatic N) is 4. The average Bonchev–Trinajstić information content (AvgIpc) is 3.72. The normalized spacial score (nSPS) is 13.4. The maximum atomic E-state index is 15.7. The zero-order chi connectivity index (χ0) is 24.9. The van der Waals surface area contributed by atoms with Crippen LogP contribution in [-0.4, -0.2) is 16.2 Å². The van der Waals surface area contributed by atoms with Crippen molar-refractivity contribution in [2.45, 2.75) is 39.1 Å². The quantitative estimate of drug-likeness (QED) is 0.444. The van der Waals surface area contributed by atoms with Crippen molar-refractivity contribution >= 4 is 11.8 Å². The number of carboxylic acid groups (broad SMARTS) is 1. The van der Waals surface area contributed by atoms with Gasteiger partial charge >= 0.3 is 6.09 Å². The van der Waals surface area contributed by atoms with E-state index in [-0.39, 0.29) is 19.1 Å². The molecular weight excluding hydrogens is 447 g/mol. The highest BCUT2D eigenvalue weighted by atomic mass is 19.1. The summed E-state index contributed by atoms with van der Waals surface area (Å²) in [5, 5.41) is 28.1. The van der Waals surface area contributed by atoms with Gasteiger partial charge in [0.05, 0.1) is 35.5 Å². The van der Waals surface area contributed by atoms with E-state index in [9.17, 15) is 9.90 Å². The summed E-state index contributed by atoms with van der Waals surface area (Å²) >= 11 is 0. The van der Waals surface area contributed by atoms with Crippen LogP contribution >= 0.6 is 0 Å². The Morgan fingerprint density at radius 1 is 1.20 bits per heavy atom. The summed E-state index contributed by atoms with van der Waals surface area (Å²) < 4.78 is 21.7. The first-order valence-electron chi connectivity index (χ1n) is 11.2. The molecule has 176 valence electrons. The lowest BCUT2D eigenvalue weighted by atomic mass is 9.99. The number of ether oxygens (including phenoxy) is 1. The predicted octanol–water partition coefficient (Wildman–Crippen LogP) is 5.82. The molecule has 0 aliphatic heterocycles. The number of nitriles is 2. The van der Waals surface area contributed by atoms with Gasteiger partial charge in [-0.15, -0.1) is 0 Å². The second-order valence-electron chi connectivity index (χ2n) is 8.48. The summed E-state index contributed by atoms with van der Waals surface area (Å²) in [6.45, 7) is 1.71. The molecule has 0 spiro atoms. The molecule has 2 aromatic carbocycles. The zero-order valence-electron chi connectivity index (χ0n) is 19.1. The molecule has 3 aromatic rings. The lowest BCUT2D eigenvalue weighted by molar-refractivity contribution is 0.201. The lowest BCUT2D eigenvalue weighted by Gasteiger charge is -2.24. The van der Waals surface area contributed by atoms with Gasteiger partial charge in [-0.1, -0.05) is 12.1 Å². The molecule has 0 bridgehead atoms. The number of benzene rings is 2. The number of pyridine rings is 1. The Balaban J connectivity index is 1.69. The van der Waals surface area contributed by atoms with Crippen molar-refractivity contribution in [1.82, 2.24) is 4.98 Å². The molecule has 7 nitrogen and oxygen atoms in total. The molecule has 1 aliphatic rings. The second-order valence-corrected chi connectivity index (χ2v) is 8.48. The van der Waals surface area contributed by atoms with Crippen molar-refractivity contribution in [3.05, 3.63) is 88.2 Å². The van der Waals surface area contributed by atoms with Gasteiger partial charge in [0, 0.05) is 23.0 Å². The number of halogens is 1.